The van der Waals surface area contributed by atoms with Gasteiger partial charge in [0.1, 0.15) is 11.1 Å². The van der Waals surface area contributed by atoms with Crippen LogP contribution in [0.5, 0.6) is 0 Å². The van der Waals surface area contributed by atoms with Crippen molar-refractivity contribution in [3.05, 3.63) is 64.5 Å². The molecule has 146 valence electrons. The highest BCUT2D eigenvalue weighted by atomic mass is 19.2. The van der Waals surface area contributed by atoms with Gasteiger partial charge in [-0.15, -0.1) is 0 Å². The molecule has 0 aliphatic carbocycles. The lowest BCUT2D eigenvalue weighted by Crippen LogP contribution is -2.46. The van der Waals surface area contributed by atoms with E-state index in [0.29, 0.717) is 29.0 Å². The van der Waals surface area contributed by atoms with E-state index in [9.17, 15) is 31.9 Å². The van der Waals surface area contributed by atoms with Crippen LogP contribution in [0.4, 0.5) is 27.6 Å². The van der Waals surface area contributed by atoms with Crippen molar-refractivity contribution in [1.29, 1.82) is 0 Å². The number of nitrogens with zero attached hydrogens (tertiary/aromatic N) is 2. The Bertz CT molecular complexity index is 1030. The Morgan fingerprint density at radius 3 is 2.21 bits per heavy atom. The molecule has 2 aliphatic rings. The molecular formula is C19H13F5N2O2. The fourth-order valence-corrected chi connectivity index (χ4v) is 3.87. The van der Waals surface area contributed by atoms with Gasteiger partial charge in [-0.05, 0) is 25.8 Å². The Balaban J connectivity index is 1.91. The van der Waals surface area contributed by atoms with Gasteiger partial charge in [0.05, 0.1) is 5.69 Å². The Hall–Kier alpha value is -2.81. The Morgan fingerprint density at radius 1 is 1.07 bits per heavy atom. The van der Waals surface area contributed by atoms with Crippen LogP contribution >= 0.6 is 0 Å². The molecule has 0 radical (unpaired) electrons. The maximum absolute atomic E-state index is 14.2. The van der Waals surface area contributed by atoms with E-state index in [1.165, 1.54) is 12.1 Å². The summed E-state index contributed by atoms with van der Waals surface area (Å²) in [4.78, 5) is 18.0. The monoisotopic (exact) mass is 396 g/mol. The second-order valence-electron chi connectivity index (χ2n) is 6.78. The van der Waals surface area contributed by atoms with E-state index < -0.39 is 52.3 Å². The Labute approximate surface area is 155 Å². The van der Waals surface area contributed by atoms with Gasteiger partial charge in [-0.3, -0.25) is 14.7 Å². The number of hydrogen-bond donors (Lipinski definition) is 1. The number of fused-ring (bicyclic) bond motifs is 2. The minimum atomic E-state index is -2.36. The first-order valence-electron chi connectivity index (χ1n) is 8.38. The zero-order valence-electron chi connectivity index (χ0n) is 14.4. The Morgan fingerprint density at radius 2 is 1.64 bits per heavy atom. The number of aliphatic hydroxyl groups is 1. The van der Waals surface area contributed by atoms with Crippen LogP contribution in [0, 0.1) is 29.1 Å². The number of carbonyl (C=O) groups excluding carboxylic acids is 1. The third-order valence-corrected chi connectivity index (χ3v) is 5.20. The second kappa shape index (κ2) is 6.10. The predicted molar refractivity (Wildman–Crippen MR) is 89.5 cm³/mol. The molecule has 2 aromatic rings. The lowest BCUT2D eigenvalue weighted by Gasteiger charge is -2.29. The lowest BCUT2D eigenvalue weighted by molar-refractivity contribution is 0.0718. The van der Waals surface area contributed by atoms with E-state index in [-0.39, 0.29) is 5.69 Å². The molecule has 1 spiro atoms. The fourth-order valence-electron chi connectivity index (χ4n) is 3.87. The van der Waals surface area contributed by atoms with E-state index in [1.807, 2.05) is 0 Å². The lowest BCUT2D eigenvalue weighted by atomic mass is 9.88. The summed E-state index contributed by atoms with van der Waals surface area (Å²) in [6.07, 6.45) is -0.807. The SMILES string of the molecule is CC1=NC2(CC1)c1ccccc1N(C(=O)c1c(F)c(F)c(F)c(F)c1F)C2O. The highest BCUT2D eigenvalue weighted by Gasteiger charge is 2.55. The van der Waals surface area contributed by atoms with Crippen LogP contribution in [0.3, 0.4) is 0 Å². The Kier molecular flexibility index (Phi) is 4.04. The zero-order chi connectivity index (χ0) is 20.4. The first kappa shape index (κ1) is 18.5. The molecule has 9 heteroatoms. The maximum atomic E-state index is 14.2. The van der Waals surface area contributed by atoms with Gasteiger partial charge >= 0.3 is 0 Å². The zero-order valence-corrected chi connectivity index (χ0v) is 14.4. The molecule has 2 unspecified atom stereocenters. The minimum Gasteiger partial charge on any atom is -0.370 e. The molecule has 0 saturated heterocycles. The van der Waals surface area contributed by atoms with Crippen molar-refractivity contribution in [3.8, 4) is 0 Å². The molecule has 0 aromatic heterocycles. The van der Waals surface area contributed by atoms with Gasteiger partial charge in [-0.1, -0.05) is 18.2 Å². The van der Waals surface area contributed by atoms with E-state index >= 15 is 0 Å². The summed E-state index contributed by atoms with van der Waals surface area (Å²) in [6, 6.07) is 6.19. The highest BCUT2D eigenvalue weighted by molar-refractivity contribution is 6.08. The van der Waals surface area contributed by atoms with Crippen LogP contribution in [0.2, 0.25) is 0 Å². The van der Waals surface area contributed by atoms with Crippen LogP contribution in [-0.4, -0.2) is 23.0 Å². The summed E-state index contributed by atoms with van der Waals surface area (Å²) < 4.78 is 68.8. The van der Waals surface area contributed by atoms with Crippen molar-refractivity contribution in [2.24, 2.45) is 4.99 Å². The molecular weight excluding hydrogens is 383 g/mol. The number of carbonyl (C=O) groups is 1. The topological polar surface area (TPSA) is 52.9 Å². The molecule has 2 aromatic carbocycles. The van der Waals surface area contributed by atoms with Gasteiger partial charge in [-0.25, -0.2) is 22.0 Å². The molecule has 2 heterocycles. The summed E-state index contributed by atoms with van der Waals surface area (Å²) in [6.45, 7) is 1.73. The molecule has 0 bridgehead atoms. The molecule has 2 atom stereocenters. The van der Waals surface area contributed by atoms with E-state index in [1.54, 1.807) is 19.1 Å². The summed E-state index contributed by atoms with van der Waals surface area (Å²) in [5.74, 6) is -12.9. The van der Waals surface area contributed by atoms with Crippen LogP contribution in [0.25, 0.3) is 0 Å². The standard InChI is InChI=1S/C19H13F5N2O2/c1-8-6-7-19(25-8)9-4-2-3-5-10(9)26(18(19)28)17(27)11-12(20)14(22)16(24)15(23)13(11)21/h2-5,18,28H,6-7H2,1H3. The molecule has 2 aliphatic heterocycles. The van der Waals surface area contributed by atoms with Gasteiger partial charge in [-0.2, -0.15) is 0 Å². The summed E-state index contributed by atoms with van der Waals surface area (Å²) in [5.41, 5.74) is -1.63. The normalized spacial score (nSPS) is 23.3. The number of anilines is 1. The van der Waals surface area contributed by atoms with Crippen molar-refractivity contribution in [3.63, 3.8) is 0 Å². The molecule has 1 N–H and O–H groups in total. The number of halogens is 5. The van der Waals surface area contributed by atoms with Gasteiger partial charge in [0.2, 0.25) is 5.82 Å². The predicted octanol–water partition coefficient (Wildman–Crippen LogP) is 3.81. The number of rotatable bonds is 1. The van der Waals surface area contributed by atoms with E-state index in [0.717, 1.165) is 0 Å². The van der Waals surface area contributed by atoms with Crippen molar-refractivity contribution in [2.45, 2.75) is 31.5 Å². The van der Waals surface area contributed by atoms with E-state index in [4.69, 9.17) is 0 Å². The van der Waals surface area contributed by atoms with Crippen LogP contribution in [-0.2, 0) is 5.54 Å². The third-order valence-electron chi connectivity index (χ3n) is 5.20. The molecule has 1 amide bonds. The first-order valence-corrected chi connectivity index (χ1v) is 8.38. The van der Waals surface area contributed by atoms with Crippen LogP contribution < -0.4 is 4.90 Å². The molecule has 0 fully saturated rings. The number of benzene rings is 2. The van der Waals surface area contributed by atoms with Gasteiger partial charge in [0, 0.05) is 11.3 Å². The van der Waals surface area contributed by atoms with Crippen molar-refractivity contribution in [2.75, 3.05) is 4.90 Å². The number of aliphatic imine (C=N–C) groups is 1. The number of aliphatic hydroxyl groups excluding tert-OH is 1. The number of para-hydroxylation sites is 1. The molecule has 4 nitrogen and oxygen atoms in total. The van der Waals surface area contributed by atoms with E-state index in [2.05, 4.69) is 4.99 Å². The van der Waals surface area contributed by atoms with Gasteiger partial charge in [0.25, 0.3) is 5.91 Å². The summed E-state index contributed by atoms with van der Waals surface area (Å²) in [5, 5.41) is 10.9. The smallest absolute Gasteiger partial charge is 0.266 e. The average molecular weight is 396 g/mol. The van der Waals surface area contributed by atoms with Crippen LogP contribution in [0.1, 0.15) is 35.7 Å². The molecule has 28 heavy (non-hydrogen) atoms. The quantitative estimate of drug-likeness (QED) is 0.453. The number of amides is 1. The molecule has 0 saturated carbocycles. The van der Waals surface area contributed by atoms with Crippen molar-refractivity contribution >= 4 is 17.3 Å². The summed E-state index contributed by atoms with van der Waals surface area (Å²) >= 11 is 0. The van der Waals surface area contributed by atoms with Gasteiger partial charge in [0.15, 0.2) is 29.5 Å². The minimum absolute atomic E-state index is 0.0994. The first-order chi connectivity index (χ1) is 13.2. The summed E-state index contributed by atoms with van der Waals surface area (Å²) in [7, 11) is 0. The largest absolute Gasteiger partial charge is 0.370 e. The molecule has 4 rings (SSSR count). The maximum Gasteiger partial charge on any atom is 0.266 e. The van der Waals surface area contributed by atoms with Crippen molar-refractivity contribution < 1.29 is 31.9 Å². The fraction of sp³-hybridized carbons (Fsp3) is 0.263. The van der Waals surface area contributed by atoms with Crippen LogP contribution in [0.15, 0.2) is 29.3 Å². The highest BCUT2D eigenvalue weighted by Crippen LogP contribution is 2.51. The number of hydrogen-bond acceptors (Lipinski definition) is 3. The second-order valence-corrected chi connectivity index (χ2v) is 6.78. The van der Waals surface area contributed by atoms with Crippen molar-refractivity contribution in [1.82, 2.24) is 0 Å². The van der Waals surface area contributed by atoms with Gasteiger partial charge < -0.3 is 5.11 Å². The average Bonchev–Trinajstić information content (AvgIpc) is 3.18. The third kappa shape index (κ3) is 2.25.